The molecule has 4 nitrogen and oxygen atoms in total. The lowest BCUT2D eigenvalue weighted by atomic mass is 10.0. The van der Waals surface area contributed by atoms with Gasteiger partial charge in [0, 0.05) is 22.6 Å². The fourth-order valence-electron chi connectivity index (χ4n) is 3.20. The zero-order valence-corrected chi connectivity index (χ0v) is 18.3. The molecular formula is C24H22ClF3O4. The lowest BCUT2D eigenvalue weighted by molar-refractivity contribution is -0.153. The summed E-state index contributed by atoms with van der Waals surface area (Å²) in [6, 6.07) is 12.9. The molecule has 0 atom stereocenters. The number of furan rings is 1. The maximum atomic E-state index is 13.5. The minimum absolute atomic E-state index is 0.0816. The monoisotopic (exact) mass is 466 g/mol. The highest BCUT2D eigenvalue weighted by molar-refractivity contribution is 6.30. The average Bonchev–Trinajstić information content (AvgIpc) is 3.17. The first kappa shape index (κ1) is 23.7. The number of esters is 1. The molecule has 0 aliphatic carbocycles. The Morgan fingerprint density at radius 2 is 1.78 bits per heavy atom. The number of rotatable bonds is 8. The predicted molar refractivity (Wildman–Crippen MR) is 115 cm³/mol. The van der Waals surface area contributed by atoms with Gasteiger partial charge in [-0.3, -0.25) is 4.79 Å². The van der Waals surface area contributed by atoms with Crippen LogP contribution in [0.25, 0.3) is 11.3 Å². The molecule has 32 heavy (non-hydrogen) atoms. The molecule has 1 heterocycles. The number of carbonyl (C=O) groups excluding carboxylic acids is 1. The van der Waals surface area contributed by atoms with Gasteiger partial charge in [0.2, 0.25) is 5.76 Å². The smallest absolute Gasteiger partial charge is 0.449 e. The van der Waals surface area contributed by atoms with Crippen molar-refractivity contribution in [1.29, 1.82) is 0 Å². The third-order valence-corrected chi connectivity index (χ3v) is 5.06. The summed E-state index contributed by atoms with van der Waals surface area (Å²) in [5.74, 6) is -0.864. The zero-order valence-electron chi connectivity index (χ0n) is 17.6. The zero-order chi connectivity index (χ0) is 23.3. The molecule has 0 amide bonds. The van der Waals surface area contributed by atoms with Crippen molar-refractivity contribution in [2.24, 2.45) is 0 Å². The molecule has 0 bridgehead atoms. The van der Waals surface area contributed by atoms with Crippen LogP contribution in [0.3, 0.4) is 0 Å². The average molecular weight is 467 g/mol. The van der Waals surface area contributed by atoms with Crippen molar-refractivity contribution in [1.82, 2.24) is 0 Å². The highest BCUT2D eigenvalue weighted by atomic mass is 35.5. The molecule has 0 radical (unpaired) electrons. The van der Waals surface area contributed by atoms with Crippen molar-refractivity contribution >= 4 is 17.6 Å². The normalized spacial score (nSPS) is 11.4. The van der Waals surface area contributed by atoms with Crippen LogP contribution in [-0.2, 0) is 28.7 Å². The summed E-state index contributed by atoms with van der Waals surface area (Å²) in [6.45, 7) is 3.62. The summed E-state index contributed by atoms with van der Waals surface area (Å²) in [6.07, 6.45) is -3.89. The van der Waals surface area contributed by atoms with Crippen molar-refractivity contribution in [2.75, 3.05) is 6.61 Å². The first-order chi connectivity index (χ1) is 15.2. The molecule has 1 aromatic heterocycles. The molecular weight excluding hydrogens is 445 g/mol. The van der Waals surface area contributed by atoms with E-state index < -0.39 is 11.9 Å². The molecule has 0 aliphatic heterocycles. The Morgan fingerprint density at radius 1 is 1.06 bits per heavy atom. The standard InChI is InChI=1S/C24H22ClF3O4/c1-3-30-22(29)11-7-16-6-10-20(12-15(16)2)31-14-18-13-21(32-23(18)24(26,27)28)17-4-8-19(25)9-5-17/h4-6,8-10,12-13H,3,7,11,14H2,1-2H3. The Balaban J connectivity index is 1.74. The second kappa shape index (κ2) is 10.1. The molecule has 3 rings (SSSR count). The van der Waals surface area contributed by atoms with Crippen LogP contribution >= 0.6 is 11.6 Å². The Morgan fingerprint density at radius 3 is 2.41 bits per heavy atom. The van der Waals surface area contributed by atoms with Gasteiger partial charge in [0.1, 0.15) is 18.1 Å². The Bertz CT molecular complexity index is 1070. The molecule has 8 heteroatoms. The lowest BCUT2D eigenvalue weighted by Crippen LogP contribution is -2.08. The van der Waals surface area contributed by atoms with Gasteiger partial charge >= 0.3 is 12.1 Å². The molecule has 2 aromatic carbocycles. The molecule has 0 unspecified atom stereocenters. The van der Waals surface area contributed by atoms with Crippen molar-refractivity contribution in [2.45, 2.75) is 39.5 Å². The quantitative estimate of drug-likeness (QED) is 0.335. The minimum Gasteiger partial charge on any atom is -0.489 e. The maximum absolute atomic E-state index is 13.5. The van der Waals surface area contributed by atoms with Gasteiger partial charge in [-0.1, -0.05) is 17.7 Å². The van der Waals surface area contributed by atoms with E-state index in [1.807, 2.05) is 6.92 Å². The van der Waals surface area contributed by atoms with Gasteiger partial charge < -0.3 is 13.9 Å². The Labute approximate surface area is 188 Å². The Hall–Kier alpha value is -2.93. The van der Waals surface area contributed by atoms with E-state index in [1.54, 1.807) is 49.4 Å². The van der Waals surface area contributed by atoms with Gasteiger partial charge in [-0.25, -0.2) is 0 Å². The van der Waals surface area contributed by atoms with Crippen molar-refractivity contribution in [3.63, 3.8) is 0 Å². The largest absolute Gasteiger partial charge is 0.489 e. The summed E-state index contributed by atoms with van der Waals surface area (Å²) >= 11 is 5.85. The van der Waals surface area contributed by atoms with Crippen LogP contribution in [0.5, 0.6) is 5.75 Å². The minimum atomic E-state index is -4.66. The number of hydrogen-bond acceptors (Lipinski definition) is 4. The number of alkyl halides is 3. The number of benzene rings is 2. The number of carbonyl (C=O) groups is 1. The van der Waals surface area contributed by atoms with Crippen molar-refractivity contribution in [3.05, 3.63) is 76.0 Å². The highest BCUT2D eigenvalue weighted by Crippen LogP contribution is 2.38. The molecule has 0 saturated carbocycles. The summed E-state index contributed by atoms with van der Waals surface area (Å²) in [5.41, 5.74) is 2.19. The van der Waals surface area contributed by atoms with Gasteiger partial charge in [0.15, 0.2) is 0 Å². The molecule has 0 N–H and O–H groups in total. The molecule has 3 aromatic rings. The molecule has 0 saturated heterocycles. The van der Waals surface area contributed by atoms with Gasteiger partial charge in [-0.2, -0.15) is 13.2 Å². The summed E-state index contributed by atoms with van der Waals surface area (Å²) in [5, 5.41) is 0.473. The summed E-state index contributed by atoms with van der Waals surface area (Å²) < 4.78 is 56.1. The number of aryl methyl sites for hydroxylation is 2. The van der Waals surface area contributed by atoms with Crippen LogP contribution in [0.4, 0.5) is 13.2 Å². The van der Waals surface area contributed by atoms with Crippen molar-refractivity contribution < 1.29 is 31.9 Å². The van der Waals surface area contributed by atoms with E-state index in [-0.39, 0.29) is 30.3 Å². The number of halogens is 4. The Kier molecular flexibility index (Phi) is 7.51. The highest BCUT2D eigenvalue weighted by Gasteiger charge is 2.38. The fourth-order valence-corrected chi connectivity index (χ4v) is 3.33. The SMILES string of the molecule is CCOC(=O)CCc1ccc(OCc2cc(-c3ccc(Cl)cc3)oc2C(F)(F)F)cc1C. The fraction of sp³-hybridized carbons (Fsp3) is 0.292. The predicted octanol–water partition coefficient (Wildman–Crippen LogP) is 7.00. The molecule has 0 aliphatic rings. The van der Waals surface area contributed by atoms with E-state index in [0.717, 1.165) is 11.1 Å². The first-order valence-electron chi connectivity index (χ1n) is 10.0. The third-order valence-electron chi connectivity index (χ3n) is 4.81. The van der Waals surface area contributed by atoms with Crippen LogP contribution in [0, 0.1) is 6.92 Å². The first-order valence-corrected chi connectivity index (χ1v) is 10.4. The molecule has 0 spiro atoms. The van der Waals surface area contributed by atoms with Crippen LogP contribution in [-0.4, -0.2) is 12.6 Å². The van der Waals surface area contributed by atoms with E-state index in [1.165, 1.54) is 6.07 Å². The summed E-state index contributed by atoms with van der Waals surface area (Å²) in [4.78, 5) is 11.5. The third kappa shape index (κ3) is 6.07. The van der Waals surface area contributed by atoms with Crippen LogP contribution < -0.4 is 4.74 Å². The molecule has 0 fully saturated rings. The van der Waals surface area contributed by atoms with Crippen LogP contribution in [0.15, 0.2) is 52.9 Å². The number of hydrogen-bond donors (Lipinski definition) is 0. The van der Waals surface area contributed by atoms with Gasteiger partial charge in [-0.15, -0.1) is 0 Å². The second-order valence-electron chi connectivity index (χ2n) is 7.15. The van der Waals surface area contributed by atoms with E-state index >= 15 is 0 Å². The van der Waals surface area contributed by atoms with Crippen molar-refractivity contribution in [3.8, 4) is 17.1 Å². The van der Waals surface area contributed by atoms with Gasteiger partial charge in [0.05, 0.1) is 6.61 Å². The number of ether oxygens (including phenoxy) is 2. The summed E-state index contributed by atoms with van der Waals surface area (Å²) in [7, 11) is 0. The van der Waals surface area contributed by atoms with Crippen LogP contribution in [0.1, 0.15) is 35.8 Å². The van der Waals surface area contributed by atoms with E-state index in [2.05, 4.69) is 0 Å². The van der Waals surface area contributed by atoms with E-state index in [4.69, 9.17) is 25.5 Å². The van der Waals surface area contributed by atoms with E-state index in [9.17, 15) is 18.0 Å². The topological polar surface area (TPSA) is 48.7 Å². The van der Waals surface area contributed by atoms with Gasteiger partial charge in [-0.05, 0) is 73.9 Å². The van der Waals surface area contributed by atoms with E-state index in [0.29, 0.717) is 29.4 Å². The lowest BCUT2D eigenvalue weighted by Gasteiger charge is -2.11. The maximum Gasteiger partial charge on any atom is 0.449 e. The van der Waals surface area contributed by atoms with Crippen LogP contribution in [0.2, 0.25) is 5.02 Å². The molecule has 170 valence electrons. The second-order valence-corrected chi connectivity index (χ2v) is 7.59. The van der Waals surface area contributed by atoms with Gasteiger partial charge in [0.25, 0.3) is 0 Å².